The third-order valence-electron chi connectivity index (χ3n) is 3.23. The van der Waals surface area contributed by atoms with Crippen molar-refractivity contribution in [2.75, 3.05) is 0 Å². The topological polar surface area (TPSA) is 115 Å². The summed E-state index contributed by atoms with van der Waals surface area (Å²) in [4.78, 5) is 37.3. The van der Waals surface area contributed by atoms with Gasteiger partial charge in [-0.25, -0.2) is 0 Å². The van der Waals surface area contributed by atoms with Gasteiger partial charge in [-0.2, -0.15) is 4.99 Å². The molecular weight excluding hydrogens is 382 g/mol. The van der Waals surface area contributed by atoms with Gasteiger partial charge in [-0.15, -0.1) is 0 Å². The molecule has 0 aliphatic carbocycles. The van der Waals surface area contributed by atoms with Crippen molar-refractivity contribution >= 4 is 52.1 Å². The Kier molecular flexibility index (Phi) is 4.92. The minimum Gasteiger partial charge on any atom is -0.457 e. The highest BCUT2D eigenvalue weighted by Crippen LogP contribution is 2.33. The van der Waals surface area contributed by atoms with E-state index in [1.807, 2.05) is 0 Å². The fraction of sp³-hybridized carbons (Fsp3) is 0.0625. The van der Waals surface area contributed by atoms with Crippen molar-refractivity contribution in [2.45, 2.75) is 6.92 Å². The van der Waals surface area contributed by atoms with Crippen LogP contribution in [0.25, 0.3) is 17.4 Å². The van der Waals surface area contributed by atoms with Crippen molar-refractivity contribution in [2.24, 2.45) is 4.99 Å². The molecule has 0 fully saturated rings. The number of benzene rings is 1. The molecule has 0 bridgehead atoms. The average molecular weight is 392 g/mol. The van der Waals surface area contributed by atoms with E-state index in [0.29, 0.717) is 17.1 Å². The van der Waals surface area contributed by atoms with Gasteiger partial charge in [-0.05, 0) is 36.0 Å². The number of furan rings is 1. The highest BCUT2D eigenvalue weighted by Gasteiger charge is 2.23. The zero-order valence-electron chi connectivity index (χ0n) is 13.2. The van der Waals surface area contributed by atoms with Gasteiger partial charge < -0.3 is 9.73 Å². The van der Waals surface area contributed by atoms with E-state index >= 15 is 0 Å². The maximum absolute atomic E-state index is 11.8. The number of carbonyl (C=O) groups is 2. The molecule has 26 heavy (non-hydrogen) atoms. The van der Waals surface area contributed by atoms with E-state index in [1.165, 1.54) is 25.1 Å². The Balaban J connectivity index is 1.83. The SMILES string of the molecule is CC(=O)NC1=NC(=O)/C(=C\c2ccc(-c3ccc(Cl)c([N+](=O)[O-])c3)o2)S1. The number of nitro benzene ring substituents is 1. The lowest BCUT2D eigenvalue weighted by Gasteiger charge is -1.99. The van der Waals surface area contributed by atoms with Crippen LogP contribution in [0, 0.1) is 10.1 Å². The van der Waals surface area contributed by atoms with Crippen LogP contribution in [-0.2, 0) is 9.59 Å². The van der Waals surface area contributed by atoms with Crippen LogP contribution in [-0.4, -0.2) is 21.9 Å². The standard InChI is InChI=1S/C16H10ClN3O5S/c1-8(21)18-16-19-15(22)14(26-16)7-10-3-5-13(25-10)9-2-4-11(17)12(6-9)20(23)24/h2-7H,1H3,(H,18,19,21,22)/b14-7+. The van der Waals surface area contributed by atoms with Crippen molar-refractivity contribution in [3.05, 3.63) is 56.1 Å². The van der Waals surface area contributed by atoms with Crippen LogP contribution in [0.2, 0.25) is 5.02 Å². The third kappa shape index (κ3) is 3.84. The van der Waals surface area contributed by atoms with E-state index in [9.17, 15) is 19.7 Å². The molecule has 1 aromatic carbocycles. The monoisotopic (exact) mass is 391 g/mol. The maximum Gasteiger partial charge on any atom is 0.288 e. The number of nitro groups is 1. The summed E-state index contributed by atoms with van der Waals surface area (Å²) in [6.45, 7) is 1.32. The number of hydrogen-bond acceptors (Lipinski definition) is 6. The van der Waals surface area contributed by atoms with E-state index in [0.717, 1.165) is 11.8 Å². The Labute approximate surface area is 156 Å². The first-order valence-electron chi connectivity index (χ1n) is 7.18. The van der Waals surface area contributed by atoms with Gasteiger partial charge in [0.1, 0.15) is 16.5 Å². The van der Waals surface area contributed by atoms with Crippen molar-refractivity contribution in [1.82, 2.24) is 5.32 Å². The lowest BCUT2D eigenvalue weighted by molar-refractivity contribution is -0.384. The zero-order valence-corrected chi connectivity index (χ0v) is 14.8. The lowest BCUT2D eigenvalue weighted by Crippen LogP contribution is -2.23. The molecule has 1 N–H and O–H groups in total. The fourth-order valence-electron chi connectivity index (χ4n) is 2.13. The van der Waals surface area contributed by atoms with Crippen molar-refractivity contribution in [3.63, 3.8) is 0 Å². The molecule has 10 heteroatoms. The van der Waals surface area contributed by atoms with Crippen LogP contribution in [0.1, 0.15) is 12.7 Å². The number of nitrogens with zero attached hydrogens (tertiary/aromatic N) is 2. The summed E-state index contributed by atoms with van der Waals surface area (Å²) in [5.41, 5.74) is 0.252. The Morgan fingerprint density at radius 1 is 1.38 bits per heavy atom. The number of amidine groups is 1. The summed E-state index contributed by atoms with van der Waals surface area (Å²) in [5, 5.41) is 13.7. The number of carbonyl (C=O) groups excluding carboxylic acids is 2. The molecule has 0 radical (unpaired) electrons. The molecule has 0 saturated carbocycles. The van der Waals surface area contributed by atoms with Crippen LogP contribution >= 0.6 is 23.4 Å². The van der Waals surface area contributed by atoms with Gasteiger partial charge in [-0.3, -0.25) is 19.7 Å². The minimum absolute atomic E-state index is 0.0308. The van der Waals surface area contributed by atoms with Gasteiger partial charge in [0.25, 0.3) is 11.6 Å². The van der Waals surface area contributed by atoms with Crippen LogP contribution in [0.5, 0.6) is 0 Å². The molecule has 2 aromatic rings. The predicted molar refractivity (Wildman–Crippen MR) is 97.6 cm³/mol. The van der Waals surface area contributed by atoms with Crippen LogP contribution in [0.3, 0.4) is 0 Å². The molecule has 2 heterocycles. The molecule has 0 saturated heterocycles. The second-order valence-electron chi connectivity index (χ2n) is 5.14. The first kappa shape index (κ1) is 17.9. The first-order chi connectivity index (χ1) is 12.3. The van der Waals surface area contributed by atoms with E-state index in [2.05, 4.69) is 10.3 Å². The largest absolute Gasteiger partial charge is 0.457 e. The number of thioether (sulfide) groups is 1. The third-order valence-corrected chi connectivity index (χ3v) is 4.45. The quantitative estimate of drug-likeness (QED) is 0.485. The van der Waals surface area contributed by atoms with Crippen LogP contribution in [0.15, 0.2) is 44.6 Å². The highest BCUT2D eigenvalue weighted by atomic mass is 35.5. The number of amides is 2. The molecule has 132 valence electrons. The summed E-state index contributed by atoms with van der Waals surface area (Å²) in [7, 11) is 0. The van der Waals surface area contributed by atoms with Gasteiger partial charge in [0, 0.05) is 24.6 Å². The smallest absolute Gasteiger partial charge is 0.288 e. The van der Waals surface area contributed by atoms with E-state index in [4.69, 9.17) is 16.0 Å². The molecule has 8 nitrogen and oxygen atoms in total. The molecule has 0 atom stereocenters. The summed E-state index contributed by atoms with van der Waals surface area (Å²) >= 11 is 6.82. The summed E-state index contributed by atoms with van der Waals surface area (Å²) in [6, 6.07) is 7.57. The maximum atomic E-state index is 11.8. The second kappa shape index (κ2) is 7.14. The Hall–Kier alpha value is -2.91. The summed E-state index contributed by atoms with van der Waals surface area (Å²) in [6.07, 6.45) is 1.49. The molecule has 1 aliphatic rings. The van der Waals surface area contributed by atoms with Crippen LogP contribution in [0.4, 0.5) is 5.69 Å². The number of aliphatic imine (C=N–C) groups is 1. The molecule has 1 aromatic heterocycles. The zero-order chi connectivity index (χ0) is 18.8. The van der Waals surface area contributed by atoms with E-state index < -0.39 is 10.8 Å². The summed E-state index contributed by atoms with van der Waals surface area (Å²) < 4.78 is 5.63. The Bertz CT molecular complexity index is 996. The second-order valence-corrected chi connectivity index (χ2v) is 6.58. The lowest BCUT2D eigenvalue weighted by atomic mass is 10.1. The average Bonchev–Trinajstić information content (AvgIpc) is 3.14. The van der Waals surface area contributed by atoms with Gasteiger partial charge in [0.2, 0.25) is 5.91 Å². The number of hydrogen-bond donors (Lipinski definition) is 1. The Morgan fingerprint density at radius 2 is 2.15 bits per heavy atom. The molecule has 3 rings (SSSR count). The van der Waals surface area contributed by atoms with E-state index in [1.54, 1.807) is 18.2 Å². The molecule has 2 amide bonds. The first-order valence-corrected chi connectivity index (χ1v) is 8.37. The fourth-order valence-corrected chi connectivity index (χ4v) is 3.16. The number of nitrogens with one attached hydrogen (secondary N) is 1. The normalized spacial score (nSPS) is 15.2. The number of rotatable bonds is 3. The minimum atomic E-state index is -0.577. The Morgan fingerprint density at radius 3 is 2.85 bits per heavy atom. The van der Waals surface area contributed by atoms with Crippen LogP contribution < -0.4 is 5.32 Å². The highest BCUT2D eigenvalue weighted by molar-refractivity contribution is 8.18. The van der Waals surface area contributed by atoms with Gasteiger partial charge in [-0.1, -0.05) is 11.6 Å². The molecular formula is C16H10ClN3O5S. The molecule has 1 aliphatic heterocycles. The van der Waals surface area contributed by atoms with Crippen molar-refractivity contribution in [3.8, 4) is 11.3 Å². The van der Waals surface area contributed by atoms with E-state index in [-0.39, 0.29) is 26.7 Å². The van der Waals surface area contributed by atoms with Crippen molar-refractivity contribution in [1.29, 1.82) is 0 Å². The molecule has 0 spiro atoms. The van der Waals surface area contributed by atoms with Gasteiger partial charge >= 0.3 is 0 Å². The predicted octanol–water partition coefficient (Wildman–Crippen LogP) is 3.61. The van der Waals surface area contributed by atoms with Gasteiger partial charge in [0.05, 0.1) is 9.83 Å². The van der Waals surface area contributed by atoms with Crippen molar-refractivity contribution < 1.29 is 18.9 Å². The number of halogens is 1. The summed E-state index contributed by atoms with van der Waals surface area (Å²) in [5.74, 6) is -0.0588. The molecule has 0 unspecified atom stereocenters. The van der Waals surface area contributed by atoms with Gasteiger partial charge in [0.15, 0.2) is 5.17 Å².